The van der Waals surface area contributed by atoms with Crippen LogP contribution in [0.4, 0.5) is 0 Å². The minimum Gasteiger partial charge on any atom is -0.405 e. The number of aliphatic hydroxyl groups is 1. The van der Waals surface area contributed by atoms with Gasteiger partial charge in [-0.05, 0) is 25.3 Å². The zero-order valence-corrected chi connectivity index (χ0v) is 8.50. The van der Waals surface area contributed by atoms with E-state index in [1.807, 2.05) is 0 Å². The number of hydrogen-bond acceptors (Lipinski definition) is 3. The lowest BCUT2D eigenvalue weighted by atomic mass is 9.95. The third-order valence-electron chi connectivity index (χ3n) is 2.71. The molecule has 0 saturated heterocycles. The fourth-order valence-corrected chi connectivity index (χ4v) is 1.85. The summed E-state index contributed by atoms with van der Waals surface area (Å²) in [4.78, 5) is 16.8. The van der Waals surface area contributed by atoms with Gasteiger partial charge >= 0.3 is 0 Å². The van der Waals surface area contributed by atoms with E-state index >= 15 is 0 Å². The molecule has 1 saturated carbocycles. The predicted molar refractivity (Wildman–Crippen MR) is 55.5 cm³/mol. The Morgan fingerprint density at radius 2 is 2.13 bits per heavy atom. The van der Waals surface area contributed by atoms with Crippen molar-refractivity contribution < 1.29 is 9.94 Å². The Labute approximate surface area is 88.1 Å². The first-order chi connectivity index (χ1) is 7.27. The summed E-state index contributed by atoms with van der Waals surface area (Å²) in [6, 6.07) is 4.84. The van der Waals surface area contributed by atoms with Gasteiger partial charge < -0.3 is 9.94 Å². The van der Waals surface area contributed by atoms with Gasteiger partial charge in [0, 0.05) is 12.3 Å². The summed E-state index contributed by atoms with van der Waals surface area (Å²) in [6.07, 6.45) is 4.51. The van der Waals surface area contributed by atoms with Crippen LogP contribution in [0.5, 0.6) is 0 Å². The van der Waals surface area contributed by atoms with Gasteiger partial charge in [0.1, 0.15) is 0 Å². The van der Waals surface area contributed by atoms with Gasteiger partial charge in [-0.1, -0.05) is 12.5 Å². The van der Waals surface area contributed by atoms with Gasteiger partial charge in [0.2, 0.25) is 0 Å². The highest BCUT2D eigenvalue weighted by atomic mass is 16.7. The van der Waals surface area contributed by atoms with E-state index in [0.29, 0.717) is 0 Å². The fraction of sp³-hybridized carbons (Fsp3) is 0.545. The van der Waals surface area contributed by atoms with Crippen molar-refractivity contribution >= 4 is 0 Å². The largest absolute Gasteiger partial charge is 0.405 e. The Balaban J connectivity index is 2.08. The van der Waals surface area contributed by atoms with Crippen LogP contribution in [0.2, 0.25) is 0 Å². The Hall–Kier alpha value is -1.29. The standard InChI is InChI=1S/C11H15NO3/c13-9-5-1-2-6-10(9)15-12-8-4-3-7-11(12)14/h3-4,7-10,13H,1-2,5-6H2. The lowest BCUT2D eigenvalue weighted by Gasteiger charge is -2.27. The third kappa shape index (κ3) is 2.39. The van der Waals surface area contributed by atoms with E-state index in [0.717, 1.165) is 25.7 Å². The molecule has 1 aliphatic carbocycles. The van der Waals surface area contributed by atoms with Crippen LogP contribution < -0.4 is 10.4 Å². The molecule has 0 radical (unpaired) electrons. The van der Waals surface area contributed by atoms with Crippen molar-refractivity contribution in [2.45, 2.75) is 37.9 Å². The number of aromatic nitrogens is 1. The maximum Gasteiger partial charge on any atom is 0.282 e. The van der Waals surface area contributed by atoms with Crippen molar-refractivity contribution in [3.8, 4) is 0 Å². The van der Waals surface area contributed by atoms with Gasteiger partial charge in [-0.15, -0.1) is 0 Å². The maximum atomic E-state index is 11.4. The molecule has 1 heterocycles. The number of nitrogens with zero attached hydrogens (tertiary/aromatic N) is 1. The summed E-state index contributed by atoms with van der Waals surface area (Å²) in [5.41, 5.74) is -0.199. The molecular formula is C11H15NO3. The molecule has 0 bridgehead atoms. The molecule has 0 amide bonds. The maximum absolute atomic E-state index is 11.4. The molecule has 0 aromatic carbocycles. The smallest absolute Gasteiger partial charge is 0.282 e. The predicted octanol–water partition coefficient (Wildman–Crippen LogP) is 0.580. The summed E-state index contributed by atoms with van der Waals surface area (Å²) in [7, 11) is 0. The van der Waals surface area contributed by atoms with Crippen molar-refractivity contribution in [3.05, 3.63) is 34.7 Å². The highest BCUT2D eigenvalue weighted by Gasteiger charge is 2.25. The second kappa shape index (κ2) is 4.49. The van der Waals surface area contributed by atoms with Crippen molar-refractivity contribution in [2.24, 2.45) is 0 Å². The van der Waals surface area contributed by atoms with Crippen LogP contribution in [0.1, 0.15) is 25.7 Å². The van der Waals surface area contributed by atoms with Crippen LogP contribution in [0, 0.1) is 0 Å². The molecule has 0 spiro atoms. The minimum absolute atomic E-state index is 0.199. The van der Waals surface area contributed by atoms with E-state index < -0.39 is 6.10 Å². The van der Waals surface area contributed by atoms with Crippen LogP contribution in [0.3, 0.4) is 0 Å². The monoisotopic (exact) mass is 209 g/mol. The van der Waals surface area contributed by atoms with Crippen LogP contribution in [-0.2, 0) is 0 Å². The summed E-state index contributed by atoms with van der Waals surface area (Å²) in [5, 5.41) is 9.68. The van der Waals surface area contributed by atoms with Crippen LogP contribution in [0.15, 0.2) is 29.2 Å². The number of aliphatic hydroxyl groups excluding tert-OH is 1. The number of pyridine rings is 1. The molecular weight excluding hydrogens is 194 g/mol. The van der Waals surface area contributed by atoms with Crippen molar-refractivity contribution in [3.63, 3.8) is 0 Å². The molecule has 82 valence electrons. The number of hydrogen-bond donors (Lipinski definition) is 1. The van der Waals surface area contributed by atoms with Gasteiger partial charge in [-0.25, -0.2) is 0 Å². The first-order valence-electron chi connectivity index (χ1n) is 5.30. The van der Waals surface area contributed by atoms with E-state index in [4.69, 9.17) is 4.84 Å². The molecule has 1 N–H and O–H groups in total. The molecule has 15 heavy (non-hydrogen) atoms. The van der Waals surface area contributed by atoms with Crippen molar-refractivity contribution in [1.29, 1.82) is 0 Å². The Morgan fingerprint density at radius 3 is 2.87 bits per heavy atom. The van der Waals surface area contributed by atoms with E-state index in [-0.39, 0.29) is 11.7 Å². The Morgan fingerprint density at radius 1 is 1.33 bits per heavy atom. The highest BCUT2D eigenvalue weighted by molar-refractivity contribution is 4.92. The lowest BCUT2D eigenvalue weighted by molar-refractivity contribution is -0.0675. The van der Waals surface area contributed by atoms with Gasteiger partial charge in [-0.2, -0.15) is 4.73 Å². The van der Waals surface area contributed by atoms with Crippen LogP contribution >= 0.6 is 0 Å². The summed E-state index contributed by atoms with van der Waals surface area (Å²) in [5.74, 6) is 0. The quantitative estimate of drug-likeness (QED) is 0.775. The van der Waals surface area contributed by atoms with Crippen LogP contribution in [-0.4, -0.2) is 22.0 Å². The molecule has 2 rings (SSSR count). The van der Waals surface area contributed by atoms with E-state index in [9.17, 15) is 9.90 Å². The molecule has 4 heteroatoms. The van der Waals surface area contributed by atoms with Crippen molar-refractivity contribution in [2.75, 3.05) is 0 Å². The van der Waals surface area contributed by atoms with Crippen molar-refractivity contribution in [1.82, 2.24) is 4.73 Å². The normalized spacial score (nSPS) is 26.2. The van der Waals surface area contributed by atoms with E-state index in [1.165, 1.54) is 10.8 Å². The van der Waals surface area contributed by atoms with Gasteiger partial charge in [-0.3, -0.25) is 4.79 Å². The molecule has 1 aliphatic rings. The van der Waals surface area contributed by atoms with Gasteiger partial charge in [0.05, 0.1) is 6.10 Å². The second-order valence-electron chi connectivity index (χ2n) is 3.86. The molecule has 1 aromatic rings. The molecule has 1 aromatic heterocycles. The van der Waals surface area contributed by atoms with E-state index in [2.05, 4.69) is 0 Å². The summed E-state index contributed by atoms with van der Waals surface area (Å²) in [6.45, 7) is 0. The van der Waals surface area contributed by atoms with Crippen LogP contribution in [0.25, 0.3) is 0 Å². The van der Waals surface area contributed by atoms with Gasteiger partial charge in [0.25, 0.3) is 5.56 Å². The minimum atomic E-state index is -0.453. The summed E-state index contributed by atoms with van der Waals surface area (Å²) >= 11 is 0. The Bertz CT molecular complexity index is 374. The second-order valence-corrected chi connectivity index (χ2v) is 3.86. The average molecular weight is 209 g/mol. The number of rotatable bonds is 2. The first-order valence-corrected chi connectivity index (χ1v) is 5.30. The first kappa shape index (κ1) is 10.2. The lowest BCUT2D eigenvalue weighted by Crippen LogP contribution is -2.41. The zero-order valence-electron chi connectivity index (χ0n) is 8.50. The summed E-state index contributed by atoms with van der Waals surface area (Å²) < 4.78 is 1.19. The molecule has 4 nitrogen and oxygen atoms in total. The van der Waals surface area contributed by atoms with E-state index in [1.54, 1.807) is 18.3 Å². The topological polar surface area (TPSA) is 51.5 Å². The molecule has 2 unspecified atom stereocenters. The molecule has 0 aliphatic heterocycles. The average Bonchev–Trinajstić information content (AvgIpc) is 2.24. The molecule has 2 atom stereocenters. The molecule has 1 fully saturated rings. The van der Waals surface area contributed by atoms with Gasteiger partial charge in [0.15, 0.2) is 6.10 Å². The SMILES string of the molecule is O=c1ccccn1OC1CCCCC1O. The fourth-order valence-electron chi connectivity index (χ4n) is 1.85. The third-order valence-corrected chi connectivity index (χ3v) is 2.71. The zero-order chi connectivity index (χ0) is 10.7. The Kier molecular flexibility index (Phi) is 3.06. The highest BCUT2D eigenvalue weighted by Crippen LogP contribution is 2.19.